The molecule has 1 aliphatic heterocycles. The van der Waals surface area contributed by atoms with Gasteiger partial charge >= 0.3 is 0 Å². The highest BCUT2D eigenvalue weighted by Crippen LogP contribution is 2.29. The van der Waals surface area contributed by atoms with Gasteiger partial charge in [0.2, 0.25) is 10.0 Å². The quantitative estimate of drug-likeness (QED) is 0.822. The van der Waals surface area contributed by atoms with Crippen molar-refractivity contribution < 1.29 is 16.8 Å². The summed E-state index contributed by atoms with van der Waals surface area (Å²) in [5.74, 6) is 0. The zero-order valence-electron chi connectivity index (χ0n) is 13.7. The molecule has 2 rings (SSSR count). The molecule has 0 amide bonds. The minimum atomic E-state index is -3.66. The number of rotatable bonds is 5. The molecule has 1 atom stereocenters. The summed E-state index contributed by atoms with van der Waals surface area (Å²) in [6, 6.07) is 5.33. The van der Waals surface area contributed by atoms with E-state index >= 15 is 0 Å². The molecule has 0 aliphatic carbocycles. The van der Waals surface area contributed by atoms with Crippen molar-refractivity contribution in [2.75, 3.05) is 19.3 Å². The van der Waals surface area contributed by atoms with Crippen molar-refractivity contribution in [1.82, 2.24) is 10.0 Å². The molecule has 1 aliphatic rings. The summed E-state index contributed by atoms with van der Waals surface area (Å²) < 4.78 is 50.2. The second-order valence-corrected chi connectivity index (χ2v) is 10.5. The summed E-state index contributed by atoms with van der Waals surface area (Å²) >= 11 is 0. The van der Waals surface area contributed by atoms with Gasteiger partial charge in [-0.2, -0.15) is 0 Å². The van der Waals surface area contributed by atoms with Gasteiger partial charge in [-0.05, 0) is 49.1 Å². The number of hydrogen-bond acceptors (Lipinski definition) is 5. The molecule has 2 N–H and O–H groups in total. The number of hydrogen-bond donors (Lipinski definition) is 2. The van der Waals surface area contributed by atoms with Crippen LogP contribution in [0.1, 0.15) is 26.7 Å². The minimum absolute atomic E-state index is 0.0287. The summed E-state index contributed by atoms with van der Waals surface area (Å²) in [7, 11) is -6.99. The zero-order valence-corrected chi connectivity index (χ0v) is 15.3. The molecule has 1 aromatic carbocycles. The van der Waals surface area contributed by atoms with Crippen molar-refractivity contribution >= 4 is 19.9 Å². The van der Waals surface area contributed by atoms with Crippen molar-refractivity contribution in [3.63, 3.8) is 0 Å². The Kier molecular flexibility index (Phi) is 5.20. The monoisotopic (exact) mass is 360 g/mol. The number of piperidine rings is 1. The first kappa shape index (κ1) is 18.4. The molecular formula is C15H24N2O4S2. The van der Waals surface area contributed by atoms with Crippen molar-refractivity contribution in [2.24, 2.45) is 5.41 Å². The van der Waals surface area contributed by atoms with Gasteiger partial charge in [-0.15, -0.1) is 0 Å². The maximum absolute atomic E-state index is 12.4. The van der Waals surface area contributed by atoms with Crippen LogP contribution < -0.4 is 10.0 Å². The Labute approximate surface area is 138 Å². The lowest BCUT2D eigenvalue weighted by molar-refractivity contribution is 0.181. The third-order valence-electron chi connectivity index (χ3n) is 4.37. The van der Waals surface area contributed by atoms with E-state index in [0.717, 1.165) is 25.6 Å². The van der Waals surface area contributed by atoms with Crippen LogP contribution in [0.25, 0.3) is 0 Å². The lowest BCUT2D eigenvalue weighted by atomic mass is 9.78. The van der Waals surface area contributed by atoms with E-state index in [1.165, 1.54) is 24.3 Å². The first-order chi connectivity index (χ1) is 10.5. The Morgan fingerprint density at radius 3 is 2.22 bits per heavy atom. The molecule has 23 heavy (non-hydrogen) atoms. The summed E-state index contributed by atoms with van der Waals surface area (Å²) in [4.78, 5) is 0.171. The van der Waals surface area contributed by atoms with Crippen molar-refractivity contribution in [3.8, 4) is 0 Å². The largest absolute Gasteiger partial charge is 0.312 e. The molecule has 0 spiro atoms. The van der Waals surface area contributed by atoms with Crippen molar-refractivity contribution in [1.29, 1.82) is 0 Å². The zero-order chi connectivity index (χ0) is 17.3. The molecule has 130 valence electrons. The van der Waals surface area contributed by atoms with Crippen LogP contribution in [0.4, 0.5) is 0 Å². The highest BCUT2D eigenvalue weighted by Gasteiger charge is 2.32. The molecule has 6 nitrogen and oxygen atoms in total. The van der Waals surface area contributed by atoms with E-state index < -0.39 is 19.9 Å². The highest BCUT2D eigenvalue weighted by atomic mass is 32.2. The summed E-state index contributed by atoms with van der Waals surface area (Å²) in [6.45, 7) is 5.44. The molecule has 0 bridgehead atoms. The van der Waals surface area contributed by atoms with E-state index in [1.54, 1.807) is 0 Å². The Balaban J connectivity index is 2.10. The molecule has 8 heteroatoms. The third kappa shape index (κ3) is 4.53. The second kappa shape index (κ2) is 6.51. The van der Waals surface area contributed by atoms with E-state index in [9.17, 15) is 16.8 Å². The van der Waals surface area contributed by atoms with Gasteiger partial charge in [-0.1, -0.05) is 13.8 Å². The van der Waals surface area contributed by atoms with Gasteiger partial charge in [0.25, 0.3) is 0 Å². The fraction of sp³-hybridized carbons (Fsp3) is 0.600. The normalized spacial score (nSPS) is 22.0. The van der Waals surface area contributed by atoms with E-state index in [2.05, 4.69) is 23.9 Å². The fourth-order valence-electron chi connectivity index (χ4n) is 2.76. The molecule has 0 radical (unpaired) electrons. The summed E-state index contributed by atoms with van der Waals surface area (Å²) in [6.07, 6.45) is 3.23. The SMILES string of the molecule is CC1(C)CCCNC1CNS(=O)(=O)c1ccc(S(C)(=O)=O)cc1. The molecule has 0 aromatic heterocycles. The van der Waals surface area contributed by atoms with Crippen LogP contribution in [0.5, 0.6) is 0 Å². The summed E-state index contributed by atoms with van der Waals surface area (Å²) in [5.41, 5.74) is 0.0287. The summed E-state index contributed by atoms with van der Waals surface area (Å²) in [5, 5.41) is 3.36. The minimum Gasteiger partial charge on any atom is -0.312 e. The van der Waals surface area contributed by atoms with Gasteiger partial charge in [0.05, 0.1) is 9.79 Å². The maximum atomic E-state index is 12.4. The smallest absolute Gasteiger partial charge is 0.240 e. The molecule has 1 saturated heterocycles. The fourth-order valence-corrected chi connectivity index (χ4v) is 4.44. The van der Waals surface area contributed by atoms with Crippen molar-refractivity contribution in [2.45, 2.75) is 42.5 Å². The van der Waals surface area contributed by atoms with Gasteiger partial charge in [-0.3, -0.25) is 0 Å². The van der Waals surface area contributed by atoms with Gasteiger partial charge in [0.1, 0.15) is 0 Å². The first-order valence-corrected chi connectivity index (χ1v) is 10.9. The molecule has 1 heterocycles. The van der Waals surface area contributed by atoms with Crippen LogP contribution in [0.3, 0.4) is 0 Å². The van der Waals surface area contributed by atoms with Gasteiger partial charge in [0, 0.05) is 18.8 Å². The molecule has 0 saturated carbocycles. The average molecular weight is 361 g/mol. The Morgan fingerprint density at radius 2 is 1.70 bits per heavy atom. The first-order valence-electron chi connectivity index (χ1n) is 7.55. The van der Waals surface area contributed by atoms with E-state index in [-0.39, 0.29) is 21.2 Å². The van der Waals surface area contributed by atoms with E-state index in [0.29, 0.717) is 6.54 Å². The number of sulfone groups is 1. The lowest BCUT2D eigenvalue weighted by Gasteiger charge is -2.39. The average Bonchev–Trinajstić information content (AvgIpc) is 2.45. The third-order valence-corrected chi connectivity index (χ3v) is 6.94. The van der Waals surface area contributed by atoms with Gasteiger partial charge < -0.3 is 5.32 Å². The van der Waals surface area contributed by atoms with Crippen molar-refractivity contribution in [3.05, 3.63) is 24.3 Å². The van der Waals surface area contributed by atoms with Gasteiger partial charge in [0.15, 0.2) is 9.84 Å². The van der Waals surface area contributed by atoms with Crippen LogP contribution in [0, 0.1) is 5.41 Å². The number of benzene rings is 1. The second-order valence-electron chi connectivity index (χ2n) is 6.69. The number of nitrogens with one attached hydrogen (secondary N) is 2. The molecule has 1 fully saturated rings. The lowest BCUT2D eigenvalue weighted by Crippen LogP contribution is -2.52. The standard InChI is InChI=1S/C15H24N2O4S2/c1-15(2)9-4-10-16-14(15)11-17-23(20,21)13-7-5-12(6-8-13)22(3,18)19/h5-8,14,16-17H,4,9-11H2,1-3H3. The maximum Gasteiger partial charge on any atom is 0.240 e. The van der Waals surface area contributed by atoms with E-state index in [1.807, 2.05) is 0 Å². The molecular weight excluding hydrogens is 336 g/mol. The number of sulfonamides is 1. The Bertz CT molecular complexity index is 753. The van der Waals surface area contributed by atoms with Crippen LogP contribution in [-0.4, -0.2) is 42.2 Å². The van der Waals surface area contributed by atoms with Crippen LogP contribution >= 0.6 is 0 Å². The topological polar surface area (TPSA) is 92.3 Å². The van der Waals surface area contributed by atoms with E-state index in [4.69, 9.17) is 0 Å². The molecule has 1 unspecified atom stereocenters. The predicted molar refractivity (Wildman–Crippen MR) is 89.5 cm³/mol. The Hall–Kier alpha value is -0.960. The van der Waals surface area contributed by atoms with Crippen LogP contribution in [0.2, 0.25) is 0 Å². The van der Waals surface area contributed by atoms with Crippen LogP contribution in [0.15, 0.2) is 34.1 Å². The van der Waals surface area contributed by atoms with Gasteiger partial charge in [-0.25, -0.2) is 21.6 Å². The molecule has 1 aromatic rings. The predicted octanol–water partition coefficient (Wildman–Crippen LogP) is 1.15. The van der Waals surface area contributed by atoms with Crippen LogP contribution in [-0.2, 0) is 19.9 Å². The highest BCUT2D eigenvalue weighted by molar-refractivity contribution is 7.90. The Morgan fingerprint density at radius 1 is 1.13 bits per heavy atom.